The van der Waals surface area contributed by atoms with Crippen LogP contribution in [-0.2, 0) is 6.42 Å². The summed E-state index contributed by atoms with van der Waals surface area (Å²) in [5.41, 5.74) is 12.0. The van der Waals surface area contributed by atoms with Crippen LogP contribution >= 0.6 is 0 Å². The number of nitriles is 1. The van der Waals surface area contributed by atoms with Crippen molar-refractivity contribution in [3.63, 3.8) is 0 Å². The van der Waals surface area contributed by atoms with E-state index in [1.807, 2.05) is 12.1 Å². The standard InChI is InChI=1S/C17H17N3/c1-12-4-7-17-13(9-12)3-2-8-20(17)15-6-5-14(11-18)16(19)10-15/h4-7,9-10H,2-3,8,19H2,1H3. The first-order chi connectivity index (χ1) is 9.69. The highest BCUT2D eigenvalue weighted by Crippen LogP contribution is 2.35. The zero-order chi connectivity index (χ0) is 14.1. The van der Waals surface area contributed by atoms with Crippen molar-refractivity contribution in [2.24, 2.45) is 0 Å². The largest absolute Gasteiger partial charge is 0.398 e. The van der Waals surface area contributed by atoms with Crippen LogP contribution in [0.5, 0.6) is 0 Å². The molecule has 0 aliphatic carbocycles. The molecule has 0 saturated heterocycles. The van der Waals surface area contributed by atoms with Crippen molar-refractivity contribution >= 4 is 17.1 Å². The van der Waals surface area contributed by atoms with Crippen molar-refractivity contribution in [1.29, 1.82) is 5.26 Å². The van der Waals surface area contributed by atoms with Gasteiger partial charge in [-0.25, -0.2) is 0 Å². The smallest absolute Gasteiger partial charge is 0.101 e. The molecule has 0 aromatic heterocycles. The fraction of sp³-hybridized carbons (Fsp3) is 0.235. The quantitative estimate of drug-likeness (QED) is 0.801. The number of hydrogen-bond donors (Lipinski definition) is 1. The lowest BCUT2D eigenvalue weighted by atomic mass is 9.98. The molecule has 1 heterocycles. The number of nitrogens with zero attached hydrogens (tertiary/aromatic N) is 2. The zero-order valence-corrected chi connectivity index (χ0v) is 11.6. The number of hydrogen-bond acceptors (Lipinski definition) is 3. The monoisotopic (exact) mass is 263 g/mol. The maximum Gasteiger partial charge on any atom is 0.101 e. The topological polar surface area (TPSA) is 53.0 Å². The summed E-state index contributed by atoms with van der Waals surface area (Å²) < 4.78 is 0. The van der Waals surface area contributed by atoms with Crippen LogP contribution in [0.1, 0.15) is 23.1 Å². The first-order valence-electron chi connectivity index (χ1n) is 6.86. The molecule has 0 saturated carbocycles. The van der Waals surface area contributed by atoms with E-state index in [0.717, 1.165) is 25.1 Å². The molecular weight excluding hydrogens is 246 g/mol. The number of benzene rings is 2. The van der Waals surface area contributed by atoms with Crippen LogP contribution in [-0.4, -0.2) is 6.54 Å². The molecule has 0 fully saturated rings. The second kappa shape index (κ2) is 4.90. The Morgan fingerprint density at radius 3 is 2.80 bits per heavy atom. The minimum absolute atomic E-state index is 0.537. The molecule has 0 spiro atoms. The average Bonchev–Trinajstić information content (AvgIpc) is 2.46. The van der Waals surface area contributed by atoms with E-state index < -0.39 is 0 Å². The van der Waals surface area contributed by atoms with Gasteiger partial charge in [0.05, 0.1) is 11.3 Å². The minimum atomic E-state index is 0.537. The summed E-state index contributed by atoms with van der Waals surface area (Å²) in [5.74, 6) is 0. The van der Waals surface area contributed by atoms with Crippen LogP contribution in [0.25, 0.3) is 0 Å². The summed E-state index contributed by atoms with van der Waals surface area (Å²) in [7, 11) is 0. The fourth-order valence-electron chi connectivity index (χ4n) is 2.81. The number of rotatable bonds is 1. The summed E-state index contributed by atoms with van der Waals surface area (Å²) in [6, 6.07) is 14.4. The molecule has 2 N–H and O–H groups in total. The molecule has 0 bridgehead atoms. The minimum Gasteiger partial charge on any atom is -0.398 e. The van der Waals surface area contributed by atoms with E-state index in [2.05, 4.69) is 36.1 Å². The van der Waals surface area contributed by atoms with Gasteiger partial charge in [0, 0.05) is 17.9 Å². The summed E-state index contributed by atoms with van der Waals surface area (Å²) in [6.07, 6.45) is 2.26. The van der Waals surface area contributed by atoms with E-state index in [1.54, 1.807) is 6.07 Å². The van der Waals surface area contributed by atoms with Crippen LogP contribution in [0.15, 0.2) is 36.4 Å². The Bertz CT molecular complexity index is 698. The van der Waals surface area contributed by atoms with E-state index in [4.69, 9.17) is 11.0 Å². The third kappa shape index (κ3) is 2.10. The van der Waals surface area contributed by atoms with Crippen molar-refractivity contribution in [2.75, 3.05) is 17.2 Å². The maximum atomic E-state index is 8.96. The Balaban J connectivity index is 2.05. The van der Waals surface area contributed by atoms with Crippen molar-refractivity contribution in [3.8, 4) is 6.07 Å². The molecule has 0 amide bonds. The molecular formula is C17H17N3. The average molecular weight is 263 g/mol. The first kappa shape index (κ1) is 12.6. The lowest BCUT2D eigenvalue weighted by Crippen LogP contribution is -2.24. The summed E-state index contributed by atoms with van der Waals surface area (Å²) in [6.45, 7) is 3.11. The van der Waals surface area contributed by atoms with Crippen LogP contribution in [0.3, 0.4) is 0 Å². The zero-order valence-electron chi connectivity index (χ0n) is 11.6. The van der Waals surface area contributed by atoms with Gasteiger partial charge < -0.3 is 10.6 Å². The molecule has 1 aliphatic heterocycles. The second-order valence-electron chi connectivity index (χ2n) is 5.27. The lowest BCUT2D eigenvalue weighted by Gasteiger charge is -2.32. The highest BCUT2D eigenvalue weighted by atomic mass is 15.1. The van der Waals surface area contributed by atoms with Gasteiger partial charge >= 0.3 is 0 Å². The van der Waals surface area contributed by atoms with Crippen molar-refractivity contribution < 1.29 is 0 Å². The van der Waals surface area contributed by atoms with Gasteiger partial charge in [0.2, 0.25) is 0 Å². The molecule has 1 aliphatic rings. The Morgan fingerprint density at radius 2 is 2.05 bits per heavy atom. The van der Waals surface area contributed by atoms with Crippen molar-refractivity contribution in [3.05, 3.63) is 53.1 Å². The van der Waals surface area contributed by atoms with Crippen LogP contribution in [0.2, 0.25) is 0 Å². The van der Waals surface area contributed by atoms with Crippen molar-refractivity contribution in [2.45, 2.75) is 19.8 Å². The Morgan fingerprint density at radius 1 is 1.20 bits per heavy atom. The van der Waals surface area contributed by atoms with Crippen molar-refractivity contribution in [1.82, 2.24) is 0 Å². The number of nitrogens with two attached hydrogens (primary N) is 1. The first-order valence-corrected chi connectivity index (χ1v) is 6.86. The van der Waals surface area contributed by atoms with Crippen LogP contribution < -0.4 is 10.6 Å². The highest BCUT2D eigenvalue weighted by molar-refractivity contribution is 5.72. The number of fused-ring (bicyclic) bond motifs is 1. The number of nitrogen functional groups attached to an aromatic ring is 1. The van der Waals surface area contributed by atoms with E-state index >= 15 is 0 Å². The fourth-order valence-corrected chi connectivity index (χ4v) is 2.81. The summed E-state index contributed by atoms with van der Waals surface area (Å²) in [4.78, 5) is 2.29. The van der Waals surface area contributed by atoms with Gasteiger partial charge in [-0.05, 0) is 49.6 Å². The lowest BCUT2D eigenvalue weighted by molar-refractivity contribution is 0.766. The molecule has 0 unspecified atom stereocenters. The predicted molar refractivity (Wildman–Crippen MR) is 82.1 cm³/mol. The van der Waals surface area contributed by atoms with Gasteiger partial charge in [0.1, 0.15) is 6.07 Å². The van der Waals surface area contributed by atoms with E-state index in [-0.39, 0.29) is 0 Å². The van der Waals surface area contributed by atoms with Gasteiger partial charge in [-0.1, -0.05) is 17.7 Å². The van der Waals surface area contributed by atoms with E-state index in [1.165, 1.54) is 16.8 Å². The third-order valence-electron chi connectivity index (χ3n) is 3.82. The molecule has 3 rings (SSSR count). The molecule has 2 aromatic rings. The highest BCUT2D eigenvalue weighted by Gasteiger charge is 2.18. The SMILES string of the molecule is Cc1ccc2c(c1)CCCN2c1ccc(C#N)c(N)c1. The number of aryl methyl sites for hydroxylation is 2. The van der Waals surface area contributed by atoms with E-state index in [0.29, 0.717) is 11.3 Å². The molecule has 2 aromatic carbocycles. The van der Waals surface area contributed by atoms with Gasteiger partial charge in [-0.15, -0.1) is 0 Å². The Labute approximate surface area is 119 Å². The van der Waals surface area contributed by atoms with Gasteiger partial charge in [-0.2, -0.15) is 5.26 Å². The molecule has 0 atom stereocenters. The van der Waals surface area contributed by atoms with Gasteiger partial charge in [-0.3, -0.25) is 0 Å². The van der Waals surface area contributed by atoms with E-state index in [9.17, 15) is 0 Å². The molecule has 100 valence electrons. The van der Waals surface area contributed by atoms with Crippen LogP contribution in [0.4, 0.5) is 17.1 Å². The number of anilines is 3. The maximum absolute atomic E-state index is 8.96. The van der Waals surface area contributed by atoms with Crippen LogP contribution in [0, 0.1) is 18.3 Å². The normalized spacial score (nSPS) is 13.7. The second-order valence-corrected chi connectivity index (χ2v) is 5.27. The summed E-state index contributed by atoms with van der Waals surface area (Å²) in [5, 5.41) is 8.96. The summed E-state index contributed by atoms with van der Waals surface area (Å²) >= 11 is 0. The Kier molecular flexibility index (Phi) is 3.08. The predicted octanol–water partition coefficient (Wildman–Crippen LogP) is 3.53. The van der Waals surface area contributed by atoms with Gasteiger partial charge in [0.15, 0.2) is 0 Å². The molecule has 3 nitrogen and oxygen atoms in total. The third-order valence-corrected chi connectivity index (χ3v) is 3.82. The Hall–Kier alpha value is -2.47. The molecule has 3 heteroatoms. The van der Waals surface area contributed by atoms with Gasteiger partial charge in [0.25, 0.3) is 0 Å². The molecule has 0 radical (unpaired) electrons. The molecule has 20 heavy (non-hydrogen) atoms.